The molecule has 0 unspecified atom stereocenters. The van der Waals surface area contributed by atoms with Crippen LogP contribution < -0.4 is 20.9 Å². The van der Waals surface area contributed by atoms with Crippen LogP contribution in [0, 0.1) is 0 Å². The van der Waals surface area contributed by atoms with Gasteiger partial charge in [0.25, 0.3) is 11.5 Å². The van der Waals surface area contributed by atoms with Gasteiger partial charge in [0.15, 0.2) is 0 Å². The predicted octanol–water partition coefficient (Wildman–Crippen LogP) is 2.66. The van der Waals surface area contributed by atoms with Crippen LogP contribution in [0.25, 0.3) is 10.9 Å². The fourth-order valence-corrected chi connectivity index (χ4v) is 3.10. The summed E-state index contributed by atoms with van der Waals surface area (Å²) in [5, 5.41) is 6.24. The Balaban J connectivity index is 1.98. The Morgan fingerprint density at radius 3 is 2.61 bits per heavy atom. The minimum Gasteiger partial charge on any atom is -0.495 e. The van der Waals surface area contributed by atoms with E-state index in [4.69, 9.17) is 16.3 Å². The zero-order chi connectivity index (χ0) is 20.3. The number of anilines is 1. The number of halogens is 1. The van der Waals surface area contributed by atoms with Gasteiger partial charge in [-0.25, -0.2) is 0 Å². The molecule has 0 saturated heterocycles. The standard InChI is InChI=1S/C20H18ClN3O4/c1-22-20(27)14-10-19(26)24(16-6-4-3-5-13(14)16)11-18(25)23-15-9-12(21)7-8-17(15)28-2/h3-10H,11H2,1-2H3,(H,22,27)(H,23,25). The normalized spacial score (nSPS) is 10.5. The van der Waals surface area contributed by atoms with Gasteiger partial charge in [-0.3, -0.25) is 19.0 Å². The predicted molar refractivity (Wildman–Crippen MR) is 108 cm³/mol. The number of carbonyl (C=O) groups excluding carboxylic acids is 2. The number of aromatic nitrogens is 1. The molecule has 2 N–H and O–H groups in total. The highest BCUT2D eigenvalue weighted by molar-refractivity contribution is 6.31. The Morgan fingerprint density at radius 1 is 1.14 bits per heavy atom. The van der Waals surface area contributed by atoms with Gasteiger partial charge in [-0.2, -0.15) is 0 Å². The lowest BCUT2D eigenvalue weighted by Gasteiger charge is -2.14. The minimum absolute atomic E-state index is 0.233. The van der Waals surface area contributed by atoms with Gasteiger partial charge in [0.05, 0.1) is 23.9 Å². The third kappa shape index (κ3) is 3.84. The Labute approximate surface area is 165 Å². The molecule has 2 amide bonds. The number of hydrogen-bond donors (Lipinski definition) is 2. The van der Waals surface area contributed by atoms with Crippen molar-refractivity contribution in [3.8, 4) is 5.75 Å². The lowest BCUT2D eigenvalue weighted by Crippen LogP contribution is -2.30. The van der Waals surface area contributed by atoms with E-state index >= 15 is 0 Å². The molecular formula is C20H18ClN3O4. The van der Waals surface area contributed by atoms with Crippen LogP contribution in [-0.2, 0) is 11.3 Å². The van der Waals surface area contributed by atoms with Crippen LogP contribution in [0.1, 0.15) is 10.4 Å². The van der Waals surface area contributed by atoms with Crippen LogP contribution in [0.3, 0.4) is 0 Å². The maximum atomic E-state index is 12.6. The molecule has 1 heterocycles. The van der Waals surface area contributed by atoms with Gasteiger partial charge in [-0.05, 0) is 24.3 Å². The van der Waals surface area contributed by atoms with Crippen LogP contribution in [0.4, 0.5) is 5.69 Å². The van der Waals surface area contributed by atoms with Gasteiger partial charge in [0, 0.05) is 23.5 Å². The van der Waals surface area contributed by atoms with Crippen molar-refractivity contribution in [1.29, 1.82) is 0 Å². The van der Waals surface area contributed by atoms with Crippen LogP contribution >= 0.6 is 11.6 Å². The molecule has 0 radical (unpaired) electrons. The average Bonchev–Trinajstić information content (AvgIpc) is 2.69. The molecule has 0 spiro atoms. The Hall–Kier alpha value is -3.32. The van der Waals surface area contributed by atoms with Crippen molar-refractivity contribution in [2.75, 3.05) is 19.5 Å². The zero-order valence-electron chi connectivity index (χ0n) is 15.3. The number of pyridine rings is 1. The summed E-state index contributed by atoms with van der Waals surface area (Å²) in [5.74, 6) is -0.348. The number of amides is 2. The molecule has 8 heteroatoms. The number of carbonyl (C=O) groups is 2. The highest BCUT2D eigenvalue weighted by Gasteiger charge is 2.16. The summed E-state index contributed by atoms with van der Waals surface area (Å²) in [6.45, 7) is -0.233. The molecule has 0 atom stereocenters. The highest BCUT2D eigenvalue weighted by Crippen LogP contribution is 2.27. The summed E-state index contributed by atoms with van der Waals surface area (Å²) in [7, 11) is 2.98. The summed E-state index contributed by atoms with van der Waals surface area (Å²) < 4.78 is 6.53. The molecule has 0 aliphatic heterocycles. The molecular weight excluding hydrogens is 382 g/mol. The maximum absolute atomic E-state index is 12.6. The van der Waals surface area contributed by atoms with Crippen LogP contribution in [0.5, 0.6) is 5.75 Å². The molecule has 144 valence electrons. The Bertz CT molecular complexity index is 1120. The highest BCUT2D eigenvalue weighted by atomic mass is 35.5. The van der Waals surface area contributed by atoms with Gasteiger partial charge in [0.2, 0.25) is 5.91 Å². The summed E-state index contributed by atoms with van der Waals surface area (Å²) in [6.07, 6.45) is 0. The molecule has 7 nitrogen and oxygen atoms in total. The summed E-state index contributed by atoms with van der Waals surface area (Å²) in [6, 6.07) is 13.0. The average molecular weight is 400 g/mol. The van der Waals surface area contributed by atoms with Crippen molar-refractivity contribution in [2.24, 2.45) is 0 Å². The molecule has 2 aromatic carbocycles. The Kier molecular flexibility index (Phi) is 5.65. The summed E-state index contributed by atoms with van der Waals surface area (Å²) in [4.78, 5) is 37.3. The summed E-state index contributed by atoms with van der Waals surface area (Å²) >= 11 is 5.98. The first-order chi connectivity index (χ1) is 13.4. The first-order valence-corrected chi connectivity index (χ1v) is 8.80. The number of nitrogens with one attached hydrogen (secondary N) is 2. The number of nitrogens with zero attached hydrogens (tertiary/aromatic N) is 1. The lowest BCUT2D eigenvalue weighted by atomic mass is 10.1. The topological polar surface area (TPSA) is 89.4 Å². The van der Waals surface area contributed by atoms with Crippen molar-refractivity contribution >= 4 is 40.0 Å². The van der Waals surface area contributed by atoms with E-state index in [-0.39, 0.29) is 18.0 Å². The fraction of sp³-hybridized carbons (Fsp3) is 0.150. The van der Waals surface area contributed by atoms with E-state index in [1.807, 2.05) is 0 Å². The van der Waals surface area contributed by atoms with Crippen LogP contribution in [-0.4, -0.2) is 30.5 Å². The number of ether oxygens (including phenoxy) is 1. The van der Waals surface area contributed by atoms with Gasteiger partial charge >= 0.3 is 0 Å². The molecule has 0 bridgehead atoms. The Morgan fingerprint density at radius 2 is 1.89 bits per heavy atom. The van der Waals surface area contributed by atoms with E-state index in [1.165, 1.54) is 24.8 Å². The van der Waals surface area contributed by atoms with E-state index in [0.717, 1.165) is 0 Å². The van der Waals surface area contributed by atoms with Crippen molar-refractivity contribution in [1.82, 2.24) is 9.88 Å². The second-order valence-corrected chi connectivity index (χ2v) is 6.41. The molecule has 0 saturated carbocycles. The van der Waals surface area contributed by atoms with Gasteiger partial charge in [-0.15, -0.1) is 0 Å². The van der Waals surface area contributed by atoms with Gasteiger partial charge in [0.1, 0.15) is 12.3 Å². The molecule has 3 rings (SSSR count). The van der Waals surface area contributed by atoms with Crippen molar-refractivity contribution in [3.63, 3.8) is 0 Å². The van der Waals surface area contributed by atoms with Gasteiger partial charge < -0.3 is 15.4 Å². The fourth-order valence-electron chi connectivity index (χ4n) is 2.93. The second kappa shape index (κ2) is 8.14. The molecule has 3 aromatic rings. The summed E-state index contributed by atoms with van der Waals surface area (Å²) in [5.41, 5.74) is 0.697. The van der Waals surface area contributed by atoms with E-state index in [1.54, 1.807) is 42.5 Å². The molecule has 28 heavy (non-hydrogen) atoms. The first-order valence-electron chi connectivity index (χ1n) is 8.42. The molecule has 0 aliphatic rings. The quantitative estimate of drug-likeness (QED) is 0.690. The molecule has 0 fully saturated rings. The first kappa shape index (κ1) is 19.4. The molecule has 0 aliphatic carbocycles. The van der Waals surface area contributed by atoms with Crippen molar-refractivity contribution in [3.05, 3.63) is 69.5 Å². The van der Waals surface area contributed by atoms with E-state index < -0.39 is 11.5 Å². The number of para-hydroxylation sites is 1. The number of methoxy groups -OCH3 is 1. The minimum atomic E-state index is -0.453. The van der Waals surface area contributed by atoms with E-state index in [9.17, 15) is 14.4 Å². The third-order valence-corrected chi connectivity index (χ3v) is 4.46. The lowest BCUT2D eigenvalue weighted by molar-refractivity contribution is -0.116. The third-order valence-electron chi connectivity index (χ3n) is 4.23. The molecule has 1 aromatic heterocycles. The van der Waals surface area contributed by atoms with Gasteiger partial charge in [-0.1, -0.05) is 29.8 Å². The van der Waals surface area contributed by atoms with Crippen LogP contribution in [0.15, 0.2) is 53.3 Å². The van der Waals surface area contributed by atoms with E-state index in [0.29, 0.717) is 27.4 Å². The SMILES string of the molecule is CNC(=O)c1cc(=O)n(CC(=O)Nc2cc(Cl)ccc2OC)c2ccccc12. The van der Waals surface area contributed by atoms with E-state index in [2.05, 4.69) is 10.6 Å². The second-order valence-electron chi connectivity index (χ2n) is 5.97. The monoisotopic (exact) mass is 399 g/mol. The largest absolute Gasteiger partial charge is 0.495 e. The number of rotatable bonds is 5. The number of benzene rings is 2. The smallest absolute Gasteiger partial charge is 0.252 e. The van der Waals surface area contributed by atoms with Crippen LogP contribution in [0.2, 0.25) is 5.02 Å². The zero-order valence-corrected chi connectivity index (χ0v) is 16.0. The maximum Gasteiger partial charge on any atom is 0.252 e. The van der Waals surface area contributed by atoms with Crippen molar-refractivity contribution < 1.29 is 14.3 Å². The number of fused-ring (bicyclic) bond motifs is 1. The van der Waals surface area contributed by atoms with Crippen molar-refractivity contribution in [2.45, 2.75) is 6.54 Å². The number of hydrogen-bond acceptors (Lipinski definition) is 4.